The zero-order chi connectivity index (χ0) is 14.8. The van der Waals surface area contributed by atoms with Gasteiger partial charge in [-0.2, -0.15) is 5.10 Å². The first kappa shape index (κ1) is 14.3. The maximum absolute atomic E-state index is 12.7. The summed E-state index contributed by atoms with van der Waals surface area (Å²) in [6, 6.07) is 3.35. The molecule has 2 heterocycles. The number of amides is 1. The fourth-order valence-electron chi connectivity index (χ4n) is 3.82. The topological polar surface area (TPSA) is 55.2 Å². The lowest BCUT2D eigenvalue weighted by molar-refractivity contribution is 0.0653. The molecule has 3 rings (SSSR count). The van der Waals surface area contributed by atoms with E-state index in [0.717, 1.165) is 19.4 Å². The van der Waals surface area contributed by atoms with Crippen LogP contribution in [0.15, 0.2) is 16.9 Å². The van der Waals surface area contributed by atoms with E-state index in [9.17, 15) is 9.59 Å². The van der Waals surface area contributed by atoms with Crippen molar-refractivity contribution in [2.75, 3.05) is 6.54 Å². The molecule has 1 aromatic heterocycles. The molecule has 0 bridgehead atoms. The minimum absolute atomic E-state index is 0.0151. The number of likely N-dealkylation sites (tertiary alicyclic amines) is 1. The fraction of sp³-hybridized carbons (Fsp3) is 0.688. The van der Waals surface area contributed by atoms with Gasteiger partial charge in [0.05, 0.1) is 0 Å². The monoisotopic (exact) mass is 289 g/mol. The summed E-state index contributed by atoms with van der Waals surface area (Å²) in [4.78, 5) is 26.1. The highest BCUT2D eigenvalue weighted by Gasteiger charge is 2.35. The Bertz CT molecular complexity index is 575. The third-order valence-corrected chi connectivity index (χ3v) is 4.93. The first-order valence-electron chi connectivity index (χ1n) is 8.02. The molecule has 0 spiro atoms. The Morgan fingerprint density at radius 2 is 1.90 bits per heavy atom. The second kappa shape index (κ2) is 6.00. The van der Waals surface area contributed by atoms with E-state index < -0.39 is 0 Å². The molecule has 0 aromatic carbocycles. The summed E-state index contributed by atoms with van der Waals surface area (Å²) in [5.41, 5.74) is 0.205. The number of carbonyl (C=O) groups is 1. The van der Waals surface area contributed by atoms with Crippen molar-refractivity contribution < 1.29 is 4.79 Å². The van der Waals surface area contributed by atoms with Gasteiger partial charge in [-0.05, 0) is 37.7 Å². The van der Waals surface area contributed by atoms with Crippen molar-refractivity contribution >= 4 is 5.91 Å². The first-order valence-corrected chi connectivity index (χ1v) is 8.02. The van der Waals surface area contributed by atoms with Crippen LogP contribution in [0.5, 0.6) is 0 Å². The van der Waals surface area contributed by atoms with E-state index in [1.54, 1.807) is 13.1 Å². The summed E-state index contributed by atoms with van der Waals surface area (Å²) in [5, 5.41) is 4.11. The second-order valence-corrected chi connectivity index (χ2v) is 6.29. The van der Waals surface area contributed by atoms with E-state index in [0.29, 0.717) is 17.7 Å². The molecule has 21 heavy (non-hydrogen) atoms. The molecule has 114 valence electrons. The maximum atomic E-state index is 12.7. The van der Waals surface area contributed by atoms with E-state index in [-0.39, 0.29) is 11.5 Å². The Kier molecular flexibility index (Phi) is 4.08. The summed E-state index contributed by atoms with van der Waals surface area (Å²) in [5.74, 6) is 0.636. The van der Waals surface area contributed by atoms with Gasteiger partial charge in [-0.3, -0.25) is 9.59 Å². The quantitative estimate of drug-likeness (QED) is 0.836. The van der Waals surface area contributed by atoms with Gasteiger partial charge in [0.15, 0.2) is 0 Å². The average Bonchev–Trinajstić information content (AvgIpc) is 2.99. The summed E-state index contributed by atoms with van der Waals surface area (Å²) in [6.45, 7) is 0.824. The Hall–Kier alpha value is -1.65. The lowest BCUT2D eigenvalue weighted by Crippen LogP contribution is -2.41. The van der Waals surface area contributed by atoms with Crippen LogP contribution in [0.4, 0.5) is 0 Å². The zero-order valence-electron chi connectivity index (χ0n) is 12.6. The van der Waals surface area contributed by atoms with Crippen LogP contribution >= 0.6 is 0 Å². The van der Waals surface area contributed by atoms with E-state index in [4.69, 9.17) is 0 Å². The van der Waals surface area contributed by atoms with E-state index in [1.165, 1.54) is 42.9 Å². The van der Waals surface area contributed by atoms with Crippen molar-refractivity contribution in [2.45, 2.75) is 51.0 Å². The Balaban J connectivity index is 1.78. The lowest BCUT2D eigenvalue weighted by Gasteiger charge is -2.33. The van der Waals surface area contributed by atoms with Gasteiger partial charge in [0.1, 0.15) is 5.69 Å². The largest absolute Gasteiger partial charge is 0.334 e. The molecule has 1 unspecified atom stereocenters. The zero-order valence-corrected chi connectivity index (χ0v) is 12.6. The van der Waals surface area contributed by atoms with E-state index in [2.05, 4.69) is 5.10 Å². The van der Waals surface area contributed by atoms with Crippen LogP contribution in [0, 0.1) is 5.92 Å². The molecule has 0 radical (unpaired) electrons. The minimum atomic E-state index is -0.184. The summed E-state index contributed by atoms with van der Waals surface area (Å²) in [7, 11) is 1.59. The summed E-state index contributed by atoms with van der Waals surface area (Å²) < 4.78 is 1.24. The lowest BCUT2D eigenvalue weighted by atomic mass is 9.83. The number of rotatable bonds is 2. The predicted molar refractivity (Wildman–Crippen MR) is 80.1 cm³/mol. The van der Waals surface area contributed by atoms with Crippen LogP contribution < -0.4 is 5.56 Å². The van der Waals surface area contributed by atoms with Gasteiger partial charge >= 0.3 is 0 Å². The molecule has 1 aliphatic carbocycles. The third kappa shape index (κ3) is 2.87. The molecular weight excluding hydrogens is 266 g/mol. The normalized spacial score (nSPS) is 23.5. The highest BCUT2D eigenvalue weighted by Crippen LogP contribution is 2.34. The Morgan fingerprint density at radius 1 is 1.14 bits per heavy atom. The fourth-order valence-corrected chi connectivity index (χ4v) is 3.82. The number of aromatic nitrogens is 2. The van der Waals surface area contributed by atoms with E-state index in [1.807, 2.05) is 4.90 Å². The number of hydrogen-bond acceptors (Lipinski definition) is 3. The molecule has 2 aliphatic rings. The molecule has 1 atom stereocenters. The Labute approximate surface area is 124 Å². The van der Waals surface area contributed by atoms with Crippen LogP contribution in [0.1, 0.15) is 55.4 Å². The molecule has 0 N–H and O–H groups in total. The van der Waals surface area contributed by atoms with Crippen molar-refractivity contribution in [2.24, 2.45) is 13.0 Å². The Morgan fingerprint density at radius 3 is 2.62 bits per heavy atom. The standard InChI is InChI=1S/C16H23N3O2/c1-18-15(20)10-9-13(17-18)16(21)19-11-5-8-14(19)12-6-3-2-4-7-12/h9-10,12,14H,2-8,11H2,1H3. The highest BCUT2D eigenvalue weighted by molar-refractivity contribution is 5.92. The molecule has 1 aliphatic heterocycles. The van der Waals surface area contributed by atoms with Crippen molar-refractivity contribution in [3.63, 3.8) is 0 Å². The van der Waals surface area contributed by atoms with Crippen molar-refractivity contribution in [1.82, 2.24) is 14.7 Å². The number of nitrogens with zero attached hydrogens (tertiary/aromatic N) is 3. The molecule has 1 saturated heterocycles. The van der Waals surface area contributed by atoms with Gasteiger partial charge in [-0.1, -0.05) is 19.3 Å². The molecule has 5 nitrogen and oxygen atoms in total. The number of hydrogen-bond donors (Lipinski definition) is 0. The summed E-state index contributed by atoms with van der Waals surface area (Å²) in [6.07, 6.45) is 8.60. The van der Waals surface area contributed by atoms with Crippen LogP contribution in [0.3, 0.4) is 0 Å². The van der Waals surface area contributed by atoms with E-state index >= 15 is 0 Å². The highest BCUT2D eigenvalue weighted by atomic mass is 16.2. The smallest absolute Gasteiger partial charge is 0.274 e. The van der Waals surface area contributed by atoms with Crippen LogP contribution in [0.2, 0.25) is 0 Å². The van der Waals surface area contributed by atoms with Gasteiger partial charge in [0, 0.05) is 25.7 Å². The SMILES string of the molecule is Cn1nc(C(=O)N2CCCC2C2CCCCC2)ccc1=O. The molecule has 1 saturated carbocycles. The van der Waals surface area contributed by atoms with Gasteiger partial charge in [0.2, 0.25) is 0 Å². The van der Waals surface area contributed by atoms with Gasteiger partial charge in [-0.15, -0.1) is 0 Å². The first-order chi connectivity index (χ1) is 10.2. The predicted octanol–water partition coefficient (Wildman–Crippen LogP) is 1.97. The third-order valence-electron chi connectivity index (χ3n) is 4.93. The molecule has 5 heteroatoms. The van der Waals surface area contributed by atoms with Crippen LogP contribution in [0.25, 0.3) is 0 Å². The van der Waals surface area contributed by atoms with Crippen molar-refractivity contribution in [3.8, 4) is 0 Å². The average molecular weight is 289 g/mol. The van der Waals surface area contributed by atoms with Gasteiger partial charge in [-0.25, -0.2) is 4.68 Å². The number of aryl methyl sites for hydroxylation is 1. The molecular formula is C16H23N3O2. The van der Waals surface area contributed by atoms with Gasteiger partial charge < -0.3 is 4.90 Å². The molecule has 1 amide bonds. The maximum Gasteiger partial charge on any atom is 0.274 e. The number of carbonyl (C=O) groups excluding carboxylic acids is 1. The van der Waals surface area contributed by atoms with Gasteiger partial charge in [0.25, 0.3) is 11.5 Å². The molecule has 1 aromatic rings. The van der Waals surface area contributed by atoms with Crippen molar-refractivity contribution in [3.05, 3.63) is 28.2 Å². The van der Waals surface area contributed by atoms with Crippen LogP contribution in [-0.2, 0) is 7.05 Å². The van der Waals surface area contributed by atoms with Crippen molar-refractivity contribution in [1.29, 1.82) is 0 Å². The second-order valence-electron chi connectivity index (χ2n) is 6.29. The molecule has 2 fully saturated rings. The summed E-state index contributed by atoms with van der Waals surface area (Å²) >= 11 is 0. The van der Waals surface area contributed by atoms with Crippen LogP contribution in [-0.4, -0.2) is 33.2 Å². The minimum Gasteiger partial charge on any atom is -0.334 e.